The van der Waals surface area contributed by atoms with Crippen LogP contribution in [-0.2, 0) is 44.3 Å². The molecule has 221 valence electrons. The third kappa shape index (κ3) is 38.8. The molecule has 0 aromatic carbocycles. The summed E-state index contributed by atoms with van der Waals surface area (Å²) in [5, 5.41) is 0. The molecule has 0 saturated carbocycles. The predicted molar refractivity (Wildman–Crippen MR) is 141 cm³/mol. The molecule has 0 amide bonds. The average molecular weight is 632 g/mol. The molecule has 0 bridgehead atoms. The van der Waals surface area contributed by atoms with Crippen LogP contribution in [0.3, 0.4) is 0 Å². The maximum absolute atomic E-state index is 10.1. The van der Waals surface area contributed by atoms with Crippen LogP contribution in [0.2, 0.25) is 0 Å². The van der Waals surface area contributed by atoms with Gasteiger partial charge in [0.1, 0.15) is 19.8 Å². The van der Waals surface area contributed by atoms with Crippen LogP contribution in [-0.4, -0.2) is 19.8 Å². The minimum atomic E-state index is -2.65. The van der Waals surface area contributed by atoms with Crippen LogP contribution in [0, 0.1) is 17.8 Å². The largest absolute Gasteiger partial charge is 3.00 e. The van der Waals surface area contributed by atoms with Crippen LogP contribution in [0.4, 0.5) is 0 Å². The van der Waals surface area contributed by atoms with Gasteiger partial charge in [-0.05, 0) is 50.7 Å². The second-order valence-corrected chi connectivity index (χ2v) is 10.9. The van der Waals surface area contributed by atoms with Crippen molar-refractivity contribution in [1.29, 1.82) is 0 Å². The van der Waals surface area contributed by atoms with E-state index in [9.17, 15) is 28.4 Å². The number of rotatable bonds is 21. The summed E-state index contributed by atoms with van der Waals surface area (Å²) in [6, 6.07) is 0. The van der Waals surface area contributed by atoms with Gasteiger partial charge in [-0.1, -0.05) is 99.3 Å². The van der Waals surface area contributed by atoms with E-state index in [1.807, 2.05) is 0 Å². The van der Waals surface area contributed by atoms with Gasteiger partial charge in [0.15, 0.2) is 0 Å². The summed E-state index contributed by atoms with van der Waals surface area (Å²) < 4.78 is 44.0. The quantitative estimate of drug-likeness (QED) is 0.0995. The fourth-order valence-corrected chi connectivity index (χ4v) is 4.19. The van der Waals surface area contributed by atoms with Crippen molar-refractivity contribution in [3.05, 3.63) is 0 Å². The minimum absolute atomic E-state index is 0. The zero-order chi connectivity index (χ0) is 28.2. The molecule has 1 radical (unpaired) electrons. The van der Waals surface area contributed by atoms with E-state index >= 15 is 0 Å². The molecule has 37 heavy (non-hydrogen) atoms. The molecule has 0 aliphatic heterocycles. The molecule has 13 heteroatoms. The van der Waals surface area contributed by atoms with E-state index < -0.39 is 24.8 Å². The summed E-state index contributed by atoms with van der Waals surface area (Å²) in [6.45, 7) is 13.6. The Hall–Kier alpha value is 0.579. The van der Waals surface area contributed by atoms with Crippen molar-refractivity contribution in [2.45, 2.75) is 119 Å². The van der Waals surface area contributed by atoms with Crippen molar-refractivity contribution in [3.63, 3.8) is 0 Å². The summed E-state index contributed by atoms with van der Waals surface area (Å²) in [7, 11) is -7.96. The summed E-state index contributed by atoms with van der Waals surface area (Å²) in [4.78, 5) is 30.3. The van der Waals surface area contributed by atoms with Crippen LogP contribution in [0.15, 0.2) is 0 Å². The first-order valence-corrected chi connectivity index (χ1v) is 16.7. The van der Waals surface area contributed by atoms with Gasteiger partial charge in [-0.3, -0.25) is 0 Å². The first-order valence-electron chi connectivity index (χ1n) is 13.4. The molecule has 0 aromatic heterocycles. The Kier molecular flexibility index (Phi) is 41.7. The molecular weight excluding hydrogens is 581 g/mol. The summed E-state index contributed by atoms with van der Waals surface area (Å²) in [5.74, 6) is 1.20. The first-order chi connectivity index (χ1) is 17.1. The Labute approximate surface area is 239 Å². The zero-order valence-corrected chi connectivity index (χ0v) is 27.5. The summed E-state index contributed by atoms with van der Waals surface area (Å²) in [6.07, 6.45) is 13.1. The topological polar surface area (TPSA) is 148 Å². The van der Waals surface area contributed by atoms with Gasteiger partial charge in [0.2, 0.25) is 0 Å². The predicted octanol–water partition coefficient (Wildman–Crippen LogP) is 6.71. The molecule has 0 fully saturated rings. The molecule has 0 aliphatic rings. The van der Waals surface area contributed by atoms with Crippen molar-refractivity contribution in [2.75, 3.05) is 19.8 Å². The third-order valence-electron chi connectivity index (χ3n) is 5.88. The normalized spacial score (nSPS) is 14.0. The van der Waals surface area contributed by atoms with E-state index in [0.29, 0.717) is 37.6 Å². The van der Waals surface area contributed by atoms with Gasteiger partial charge in [-0.2, -0.15) is 0 Å². The molecule has 0 aromatic rings. The number of hydrogen-bond acceptors (Lipinski definition) is 9. The second kappa shape index (κ2) is 34.6. The molecule has 0 aliphatic carbocycles. The van der Waals surface area contributed by atoms with Crippen LogP contribution in [0.5, 0.6) is 0 Å². The Morgan fingerprint density at radius 1 is 0.514 bits per heavy atom. The Bertz CT molecular complexity index is 460. The fraction of sp³-hybridized carbons (Fsp3) is 1.00. The van der Waals surface area contributed by atoms with Gasteiger partial charge in [0.05, 0.1) is 0 Å². The third-order valence-corrected chi connectivity index (χ3v) is 6.96. The molecule has 0 saturated heterocycles. The van der Waals surface area contributed by atoms with Crippen LogP contribution in [0.1, 0.15) is 119 Å². The summed E-state index contributed by atoms with van der Waals surface area (Å²) >= 11 is 0. The zero-order valence-electron chi connectivity index (χ0n) is 23.7. The number of unbranched alkanes of at least 4 members (excludes halogenated alkanes) is 3. The Balaban J connectivity index is -0.000000218. The van der Waals surface area contributed by atoms with Gasteiger partial charge < -0.3 is 14.7 Å². The van der Waals surface area contributed by atoms with Gasteiger partial charge in [-0.25, -0.2) is 0 Å². The van der Waals surface area contributed by atoms with E-state index in [0.717, 1.165) is 77.0 Å². The monoisotopic (exact) mass is 632 g/mol. The molecule has 6 atom stereocenters. The molecule has 0 spiro atoms. The Morgan fingerprint density at radius 2 is 0.730 bits per heavy atom. The SMILES string of the molecule is CCCCC(CC)CO[P+](=O)[O-].CCCCC(CC)CO[P+](=O)[O-].CCCCC(CC)CO[P+](=O)[O-].[Fe+3]. The van der Waals surface area contributed by atoms with Gasteiger partial charge in [-0.15, -0.1) is 13.6 Å². The molecule has 0 N–H and O–H groups in total. The van der Waals surface area contributed by atoms with Gasteiger partial charge in [0, 0.05) is 0 Å². The van der Waals surface area contributed by atoms with E-state index in [4.69, 9.17) is 0 Å². The Morgan fingerprint density at radius 3 is 0.865 bits per heavy atom. The van der Waals surface area contributed by atoms with Gasteiger partial charge in [0.25, 0.3) is 0 Å². The smallest absolute Gasteiger partial charge is 0.566 e. The number of hydrogen-bond donors (Lipinski definition) is 0. The second-order valence-electron chi connectivity index (χ2n) is 8.81. The fourth-order valence-electron chi connectivity index (χ4n) is 3.19. The van der Waals surface area contributed by atoms with Crippen molar-refractivity contribution in [2.24, 2.45) is 17.8 Å². The molecule has 0 rings (SSSR count). The maximum Gasteiger partial charge on any atom is 3.00 e. The van der Waals surface area contributed by atoms with Crippen LogP contribution in [0.25, 0.3) is 0 Å². The standard InChI is InChI=1S/3C8H17O3P.Fe/c3*1-3-5-6-8(4-2)7-11-12(9)10;/h3*8H,3-7H2,1-2H3;/q;;;+3. The molecular formula is C24H51FeO9P3+3. The van der Waals surface area contributed by atoms with Crippen molar-refractivity contribution < 1.29 is 59.0 Å². The molecule has 9 nitrogen and oxygen atoms in total. The van der Waals surface area contributed by atoms with Crippen molar-refractivity contribution in [1.82, 2.24) is 0 Å². The maximum atomic E-state index is 10.1. The van der Waals surface area contributed by atoms with E-state index in [-0.39, 0.29) is 17.1 Å². The van der Waals surface area contributed by atoms with Crippen molar-refractivity contribution in [3.8, 4) is 0 Å². The van der Waals surface area contributed by atoms with Crippen LogP contribution >= 0.6 is 24.8 Å². The van der Waals surface area contributed by atoms with Crippen molar-refractivity contribution >= 4 is 24.8 Å². The van der Waals surface area contributed by atoms with E-state index in [1.165, 1.54) is 0 Å². The van der Waals surface area contributed by atoms with Gasteiger partial charge >= 0.3 is 41.8 Å². The van der Waals surface area contributed by atoms with E-state index in [1.54, 1.807) is 0 Å². The van der Waals surface area contributed by atoms with Crippen LogP contribution < -0.4 is 14.7 Å². The summed E-state index contributed by atoms with van der Waals surface area (Å²) in [5.41, 5.74) is 0. The molecule has 0 heterocycles. The average Bonchev–Trinajstić information content (AvgIpc) is 2.85. The minimum Gasteiger partial charge on any atom is -0.566 e. The molecule has 6 unspecified atom stereocenters. The van der Waals surface area contributed by atoms with E-state index in [2.05, 4.69) is 55.1 Å². The first kappa shape index (κ1) is 44.6.